The number of thiazole rings is 1. The topological polar surface area (TPSA) is 74.2 Å². The van der Waals surface area contributed by atoms with Crippen LogP contribution in [0.1, 0.15) is 25.5 Å². The summed E-state index contributed by atoms with van der Waals surface area (Å²) in [5.74, 6) is 0. The van der Waals surface area contributed by atoms with Gasteiger partial charge in [0.1, 0.15) is 5.01 Å². The van der Waals surface area contributed by atoms with Gasteiger partial charge in [-0.1, -0.05) is 37.3 Å². The van der Waals surface area contributed by atoms with Crippen molar-refractivity contribution < 1.29 is 9.90 Å². The fourth-order valence-corrected chi connectivity index (χ4v) is 2.72. The highest BCUT2D eigenvalue weighted by molar-refractivity contribution is 7.13. The normalized spacial score (nSPS) is 11.9. The van der Waals surface area contributed by atoms with Gasteiger partial charge in [-0.25, -0.2) is 9.78 Å². The van der Waals surface area contributed by atoms with E-state index < -0.39 is 0 Å². The molecule has 0 spiro atoms. The Morgan fingerprint density at radius 3 is 2.82 bits per heavy atom. The first-order valence-electron chi connectivity index (χ1n) is 7.38. The van der Waals surface area contributed by atoms with Gasteiger partial charge in [0.25, 0.3) is 0 Å². The standard InChI is InChI=1S/C16H21N3O2S/c1-2-14(20)8-9-17-16(21)18-10-13-11-22-15(19-13)12-6-4-3-5-7-12/h3-7,11,14,20H,2,8-10H2,1H3,(H2,17,18,21). The van der Waals surface area contributed by atoms with Crippen molar-refractivity contribution in [2.45, 2.75) is 32.4 Å². The van der Waals surface area contributed by atoms with Crippen LogP contribution in [0.4, 0.5) is 4.79 Å². The zero-order valence-electron chi connectivity index (χ0n) is 12.6. The van der Waals surface area contributed by atoms with Crippen molar-refractivity contribution in [1.29, 1.82) is 0 Å². The Kier molecular flexibility index (Phi) is 6.36. The predicted octanol–water partition coefficient (Wildman–Crippen LogP) is 2.77. The van der Waals surface area contributed by atoms with Gasteiger partial charge in [0.15, 0.2) is 0 Å². The van der Waals surface area contributed by atoms with Crippen LogP contribution in [0.25, 0.3) is 10.6 Å². The SMILES string of the molecule is CCC(O)CCNC(=O)NCc1csc(-c2ccccc2)n1. The van der Waals surface area contributed by atoms with Gasteiger partial charge in [0.2, 0.25) is 0 Å². The first-order valence-corrected chi connectivity index (χ1v) is 8.26. The first kappa shape index (κ1) is 16.5. The second kappa shape index (κ2) is 8.51. The van der Waals surface area contributed by atoms with Crippen LogP contribution < -0.4 is 10.6 Å². The Balaban J connectivity index is 1.75. The summed E-state index contributed by atoms with van der Waals surface area (Å²) in [6, 6.07) is 9.72. The van der Waals surface area contributed by atoms with Crippen LogP contribution >= 0.6 is 11.3 Å². The van der Waals surface area contributed by atoms with Gasteiger partial charge < -0.3 is 15.7 Å². The molecule has 118 valence electrons. The van der Waals surface area contributed by atoms with E-state index in [0.717, 1.165) is 16.3 Å². The molecule has 0 radical (unpaired) electrons. The number of nitrogens with zero attached hydrogens (tertiary/aromatic N) is 1. The van der Waals surface area contributed by atoms with E-state index in [1.807, 2.05) is 42.6 Å². The Bertz CT molecular complexity index is 586. The van der Waals surface area contributed by atoms with Crippen molar-refractivity contribution in [3.63, 3.8) is 0 Å². The van der Waals surface area contributed by atoms with E-state index in [-0.39, 0.29) is 12.1 Å². The molecule has 0 fully saturated rings. The zero-order valence-corrected chi connectivity index (χ0v) is 13.4. The summed E-state index contributed by atoms with van der Waals surface area (Å²) < 4.78 is 0. The van der Waals surface area contributed by atoms with E-state index in [2.05, 4.69) is 15.6 Å². The molecular formula is C16H21N3O2S. The summed E-state index contributed by atoms with van der Waals surface area (Å²) in [4.78, 5) is 16.1. The number of carbonyl (C=O) groups is 1. The van der Waals surface area contributed by atoms with Crippen LogP contribution in [0.5, 0.6) is 0 Å². The van der Waals surface area contributed by atoms with E-state index in [0.29, 0.717) is 25.9 Å². The monoisotopic (exact) mass is 319 g/mol. The molecule has 0 saturated heterocycles. The largest absolute Gasteiger partial charge is 0.393 e. The van der Waals surface area contributed by atoms with E-state index in [1.54, 1.807) is 11.3 Å². The maximum Gasteiger partial charge on any atom is 0.315 e. The second-order valence-electron chi connectivity index (χ2n) is 4.97. The maximum absolute atomic E-state index is 11.6. The summed E-state index contributed by atoms with van der Waals surface area (Å²) in [5.41, 5.74) is 1.92. The number of benzene rings is 1. The van der Waals surface area contributed by atoms with Gasteiger partial charge in [0.05, 0.1) is 18.3 Å². The molecule has 22 heavy (non-hydrogen) atoms. The molecule has 2 aromatic rings. The molecule has 1 atom stereocenters. The lowest BCUT2D eigenvalue weighted by Gasteiger charge is -2.09. The minimum Gasteiger partial charge on any atom is -0.393 e. The number of rotatable bonds is 7. The number of carbonyl (C=O) groups excluding carboxylic acids is 1. The van der Waals surface area contributed by atoms with Gasteiger partial charge in [-0.3, -0.25) is 0 Å². The summed E-state index contributed by atoms with van der Waals surface area (Å²) in [6.45, 7) is 2.77. The minimum atomic E-state index is -0.354. The van der Waals surface area contributed by atoms with Gasteiger partial charge in [-0.05, 0) is 12.8 Å². The molecule has 2 amide bonds. The zero-order chi connectivity index (χ0) is 15.8. The highest BCUT2D eigenvalue weighted by atomic mass is 32.1. The third-order valence-electron chi connectivity index (χ3n) is 3.24. The number of urea groups is 1. The molecule has 5 nitrogen and oxygen atoms in total. The third kappa shape index (κ3) is 5.13. The smallest absolute Gasteiger partial charge is 0.315 e. The Morgan fingerprint density at radius 1 is 1.32 bits per heavy atom. The molecular weight excluding hydrogens is 298 g/mol. The van der Waals surface area contributed by atoms with E-state index in [9.17, 15) is 9.90 Å². The molecule has 2 rings (SSSR count). The van der Waals surface area contributed by atoms with Gasteiger partial charge in [-0.2, -0.15) is 0 Å². The molecule has 1 aromatic heterocycles. The van der Waals surface area contributed by atoms with Crippen LogP contribution in [0.15, 0.2) is 35.7 Å². The highest BCUT2D eigenvalue weighted by Crippen LogP contribution is 2.22. The highest BCUT2D eigenvalue weighted by Gasteiger charge is 2.06. The van der Waals surface area contributed by atoms with Crippen LogP contribution in [0, 0.1) is 0 Å². The number of nitrogens with one attached hydrogen (secondary N) is 2. The molecule has 1 aromatic carbocycles. The third-order valence-corrected chi connectivity index (χ3v) is 4.18. The summed E-state index contributed by atoms with van der Waals surface area (Å²) in [6.07, 6.45) is 0.913. The number of aliphatic hydroxyl groups is 1. The van der Waals surface area contributed by atoms with E-state index in [1.165, 1.54) is 0 Å². The molecule has 0 aliphatic heterocycles. The van der Waals surface area contributed by atoms with Gasteiger partial charge >= 0.3 is 6.03 Å². The molecule has 3 N–H and O–H groups in total. The number of aromatic nitrogens is 1. The predicted molar refractivity (Wildman–Crippen MR) is 88.7 cm³/mol. The van der Waals surface area contributed by atoms with Gasteiger partial charge in [0, 0.05) is 17.5 Å². The van der Waals surface area contributed by atoms with Crippen molar-refractivity contribution >= 4 is 17.4 Å². The molecule has 6 heteroatoms. The lowest BCUT2D eigenvalue weighted by Crippen LogP contribution is -2.36. The minimum absolute atomic E-state index is 0.238. The molecule has 1 unspecified atom stereocenters. The lowest BCUT2D eigenvalue weighted by molar-refractivity contribution is 0.160. The van der Waals surface area contributed by atoms with Crippen molar-refractivity contribution in [3.05, 3.63) is 41.4 Å². The Labute approximate surface area is 134 Å². The Morgan fingerprint density at radius 2 is 2.09 bits per heavy atom. The molecule has 0 aliphatic carbocycles. The maximum atomic E-state index is 11.6. The van der Waals surface area contributed by atoms with Crippen molar-refractivity contribution in [3.8, 4) is 10.6 Å². The van der Waals surface area contributed by atoms with Crippen LogP contribution in [0.3, 0.4) is 0 Å². The fraction of sp³-hybridized carbons (Fsp3) is 0.375. The molecule has 0 bridgehead atoms. The number of hydrogen-bond donors (Lipinski definition) is 3. The number of aliphatic hydroxyl groups excluding tert-OH is 1. The molecule has 1 heterocycles. The van der Waals surface area contributed by atoms with E-state index >= 15 is 0 Å². The van der Waals surface area contributed by atoms with Gasteiger partial charge in [-0.15, -0.1) is 11.3 Å². The van der Waals surface area contributed by atoms with E-state index in [4.69, 9.17) is 0 Å². The lowest BCUT2D eigenvalue weighted by atomic mass is 10.2. The summed E-state index contributed by atoms with van der Waals surface area (Å²) in [5, 5.41) is 17.8. The van der Waals surface area contributed by atoms with Crippen LogP contribution in [-0.2, 0) is 6.54 Å². The second-order valence-corrected chi connectivity index (χ2v) is 5.83. The molecule has 0 saturated carbocycles. The van der Waals surface area contributed by atoms with Crippen molar-refractivity contribution in [2.75, 3.05) is 6.54 Å². The Hall–Kier alpha value is -1.92. The summed E-state index contributed by atoms with van der Waals surface area (Å²) >= 11 is 1.56. The first-order chi connectivity index (χ1) is 10.7. The number of hydrogen-bond acceptors (Lipinski definition) is 4. The molecule has 0 aliphatic rings. The number of amides is 2. The van der Waals surface area contributed by atoms with Crippen molar-refractivity contribution in [2.24, 2.45) is 0 Å². The average Bonchev–Trinajstić information content (AvgIpc) is 3.02. The van der Waals surface area contributed by atoms with Crippen LogP contribution in [0.2, 0.25) is 0 Å². The average molecular weight is 319 g/mol. The van der Waals surface area contributed by atoms with Crippen molar-refractivity contribution in [1.82, 2.24) is 15.6 Å². The fourth-order valence-electron chi connectivity index (χ4n) is 1.89. The van der Waals surface area contributed by atoms with Crippen LogP contribution in [-0.4, -0.2) is 28.8 Å². The summed E-state index contributed by atoms with van der Waals surface area (Å²) in [7, 11) is 0. The quantitative estimate of drug-likeness (QED) is 0.734.